The van der Waals surface area contributed by atoms with Gasteiger partial charge in [-0.25, -0.2) is 18.1 Å². The van der Waals surface area contributed by atoms with Gasteiger partial charge in [-0.05, 0) is 54.2 Å². The number of rotatable bonds is 13. The number of aryl methyl sites for hydroxylation is 1. The fourth-order valence-corrected chi connectivity index (χ4v) is 4.82. The average Bonchev–Trinajstić information content (AvgIpc) is 2.87. The lowest BCUT2D eigenvalue weighted by Gasteiger charge is -2.19. The number of nitrogen functional groups attached to an aromatic ring is 1. The number of anilines is 1. The second kappa shape index (κ2) is 13.3. The third-order valence-electron chi connectivity index (χ3n) is 5.31. The van der Waals surface area contributed by atoms with Crippen LogP contribution in [0.3, 0.4) is 0 Å². The summed E-state index contributed by atoms with van der Waals surface area (Å²) in [6.45, 7) is -0.0659. The minimum atomic E-state index is -3.80. The van der Waals surface area contributed by atoms with Crippen LogP contribution in [0.15, 0.2) is 73.2 Å². The van der Waals surface area contributed by atoms with Gasteiger partial charge in [0.1, 0.15) is 11.9 Å². The Morgan fingerprint density at radius 2 is 1.67 bits per heavy atom. The first-order valence-electron chi connectivity index (χ1n) is 11.5. The second-order valence-corrected chi connectivity index (χ2v) is 10.0. The molecule has 11 heteroatoms. The number of nitrogens with zero attached hydrogens (tertiary/aromatic N) is 2. The molecule has 0 spiro atoms. The summed E-state index contributed by atoms with van der Waals surface area (Å²) in [6, 6.07) is 14.8. The van der Waals surface area contributed by atoms with E-state index in [2.05, 4.69) is 25.3 Å². The van der Waals surface area contributed by atoms with Crippen molar-refractivity contribution in [1.29, 1.82) is 0 Å². The van der Waals surface area contributed by atoms with E-state index in [0.29, 0.717) is 24.2 Å². The number of nitrogens with one attached hydrogen (secondary N) is 3. The molecule has 0 fully saturated rings. The molecule has 1 aromatic carbocycles. The van der Waals surface area contributed by atoms with Crippen LogP contribution in [0.25, 0.3) is 0 Å². The van der Waals surface area contributed by atoms with Crippen molar-refractivity contribution in [3.8, 4) is 0 Å². The maximum Gasteiger partial charge on any atom is 0.239 e. The molecule has 5 N–H and O–H groups in total. The summed E-state index contributed by atoms with van der Waals surface area (Å²) in [7, 11) is -3.80. The van der Waals surface area contributed by atoms with Crippen molar-refractivity contribution in [1.82, 2.24) is 25.3 Å². The Balaban J connectivity index is 1.56. The quantitative estimate of drug-likeness (QED) is 0.270. The molecule has 190 valence electrons. The number of carbonyl (C=O) groups is 2. The van der Waals surface area contributed by atoms with Crippen LogP contribution in [0, 0.1) is 0 Å². The Labute approximate surface area is 210 Å². The van der Waals surface area contributed by atoms with Gasteiger partial charge in [0.15, 0.2) is 0 Å². The van der Waals surface area contributed by atoms with Gasteiger partial charge >= 0.3 is 0 Å². The van der Waals surface area contributed by atoms with E-state index in [-0.39, 0.29) is 25.3 Å². The van der Waals surface area contributed by atoms with Gasteiger partial charge in [-0.2, -0.15) is 0 Å². The number of benzene rings is 1. The summed E-state index contributed by atoms with van der Waals surface area (Å²) < 4.78 is 28.1. The number of carbonyl (C=O) groups excluding carboxylic acids is 2. The normalized spacial score (nSPS) is 12.0. The fraction of sp³-hybridized carbons (Fsp3) is 0.280. The predicted molar refractivity (Wildman–Crippen MR) is 137 cm³/mol. The maximum absolute atomic E-state index is 12.9. The summed E-state index contributed by atoms with van der Waals surface area (Å²) in [6.07, 6.45) is 6.40. The van der Waals surface area contributed by atoms with E-state index in [0.717, 1.165) is 11.1 Å². The molecule has 0 aliphatic rings. The van der Waals surface area contributed by atoms with Crippen molar-refractivity contribution < 1.29 is 18.0 Å². The van der Waals surface area contributed by atoms with Crippen LogP contribution in [0.1, 0.15) is 29.5 Å². The number of amides is 2. The largest absolute Gasteiger partial charge is 0.384 e. The maximum atomic E-state index is 12.9. The first-order valence-corrected chi connectivity index (χ1v) is 13.1. The van der Waals surface area contributed by atoms with E-state index in [9.17, 15) is 18.0 Å². The molecule has 2 amide bonds. The summed E-state index contributed by atoms with van der Waals surface area (Å²) >= 11 is 0. The van der Waals surface area contributed by atoms with Crippen molar-refractivity contribution in [3.05, 3.63) is 89.9 Å². The van der Waals surface area contributed by atoms with Crippen molar-refractivity contribution in [2.24, 2.45) is 0 Å². The van der Waals surface area contributed by atoms with Crippen molar-refractivity contribution in [3.63, 3.8) is 0 Å². The first-order chi connectivity index (χ1) is 17.3. The number of hydrogen-bond donors (Lipinski definition) is 4. The lowest BCUT2D eigenvalue weighted by molar-refractivity contribution is -0.127. The first kappa shape index (κ1) is 26.8. The Morgan fingerprint density at radius 1 is 0.917 bits per heavy atom. The summed E-state index contributed by atoms with van der Waals surface area (Å²) in [5.74, 6) is -0.853. The lowest BCUT2D eigenvalue weighted by Crippen LogP contribution is -2.49. The molecule has 36 heavy (non-hydrogen) atoms. The monoisotopic (exact) mass is 510 g/mol. The van der Waals surface area contributed by atoms with Crippen LogP contribution >= 0.6 is 0 Å². The van der Waals surface area contributed by atoms with Crippen molar-refractivity contribution >= 4 is 27.7 Å². The van der Waals surface area contributed by atoms with E-state index in [1.165, 1.54) is 0 Å². The molecule has 0 saturated heterocycles. The van der Waals surface area contributed by atoms with Crippen LogP contribution in [0.4, 0.5) is 5.82 Å². The average molecular weight is 511 g/mol. The van der Waals surface area contributed by atoms with Crippen LogP contribution in [-0.4, -0.2) is 42.8 Å². The van der Waals surface area contributed by atoms with Crippen molar-refractivity contribution in [2.45, 2.75) is 37.6 Å². The van der Waals surface area contributed by atoms with Crippen LogP contribution < -0.4 is 21.1 Å². The SMILES string of the molecule is Nc1ccc(CNC(=O)CNC(=O)C(CCCc2ccncc2)NS(=O)(=O)Cc2ccccc2)cn1. The highest BCUT2D eigenvalue weighted by Gasteiger charge is 2.25. The third-order valence-corrected chi connectivity index (χ3v) is 6.66. The standard InChI is InChI=1S/C25H30N6O4S/c26-23-10-9-21(15-28-23)16-29-24(32)17-30-25(33)22(8-4-7-19-11-13-27-14-12-19)31-36(34,35)18-20-5-2-1-3-6-20/h1-3,5-6,9-15,22,31H,4,7-8,16-18H2,(H2,26,28)(H,29,32)(H,30,33). The third kappa shape index (κ3) is 9.43. The van der Waals surface area contributed by atoms with Gasteiger partial charge in [0, 0.05) is 25.1 Å². The molecule has 2 aromatic heterocycles. The van der Waals surface area contributed by atoms with Gasteiger partial charge in [0.25, 0.3) is 0 Å². The van der Waals surface area contributed by atoms with Gasteiger partial charge in [-0.3, -0.25) is 14.6 Å². The Kier molecular flexibility index (Phi) is 9.90. The Morgan fingerprint density at radius 3 is 2.36 bits per heavy atom. The highest BCUT2D eigenvalue weighted by molar-refractivity contribution is 7.88. The highest BCUT2D eigenvalue weighted by Crippen LogP contribution is 2.10. The van der Waals surface area contributed by atoms with Crippen molar-refractivity contribution in [2.75, 3.05) is 12.3 Å². The fourth-order valence-electron chi connectivity index (χ4n) is 3.45. The summed E-state index contributed by atoms with van der Waals surface area (Å²) in [5.41, 5.74) is 7.95. The van der Waals surface area contributed by atoms with Crippen LogP contribution in [0.2, 0.25) is 0 Å². The summed E-state index contributed by atoms with van der Waals surface area (Å²) in [4.78, 5) is 33.0. The molecular formula is C25H30N6O4S. The minimum absolute atomic E-state index is 0.223. The molecule has 10 nitrogen and oxygen atoms in total. The van der Waals surface area contributed by atoms with Gasteiger partial charge < -0.3 is 16.4 Å². The zero-order chi connectivity index (χ0) is 25.8. The zero-order valence-corrected chi connectivity index (χ0v) is 20.6. The van der Waals surface area contributed by atoms with E-state index < -0.39 is 27.9 Å². The molecule has 0 aliphatic heterocycles. The topological polar surface area (TPSA) is 156 Å². The zero-order valence-electron chi connectivity index (χ0n) is 19.8. The summed E-state index contributed by atoms with van der Waals surface area (Å²) in [5, 5.41) is 5.22. The molecule has 0 aliphatic carbocycles. The number of nitrogens with two attached hydrogens (primary N) is 1. The number of hydrogen-bond acceptors (Lipinski definition) is 7. The Bertz CT molecular complexity index is 1220. The van der Waals surface area contributed by atoms with Crippen LogP contribution in [0.5, 0.6) is 0 Å². The number of aromatic nitrogens is 2. The van der Waals surface area contributed by atoms with Gasteiger partial charge in [0.05, 0.1) is 12.3 Å². The lowest BCUT2D eigenvalue weighted by atomic mass is 10.1. The van der Waals surface area contributed by atoms with E-state index in [1.807, 2.05) is 12.1 Å². The molecule has 0 radical (unpaired) electrons. The molecule has 1 unspecified atom stereocenters. The highest BCUT2D eigenvalue weighted by atomic mass is 32.2. The molecule has 3 rings (SSSR count). The van der Waals surface area contributed by atoms with Gasteiger partial charge in [-0.1, -0.05) is 36.4 Å². The second-order valence-electron chi connectivity index (χ2n) is 8.25. The van der Waals surface area contributed by atoms with Crippen LogP contribution in [-0.2, 0) is 38.3 Å². The van der Waals surface area contributed by atoms with E-state index in [4.69, 9.17) is 5.73 Å². The molecular weight excluding hydrogens is 480 g/mol. The molecule has 2 heterocycles. The molecule has 3 aromatic rings. The number of sulfonamides is 1. The molecule has 1 atom stereocenters. The van der Waals surface area contributed by atoms with Gasteiger partial charge in [-0.15, -0.1) is 0 Å². The molecule has 0 bridgehead atoms. The van der Waals surface area contributed by atoms with Gasteiger partial charge in [0.2, 0.25) is 21.8 Å². The number of pyridine rings is 2. The predicted octanol–water partition coefficient (Wildman–Crippen LogP) is 1.30. The minimum Gasteiger partial charge on any atom is -0.384 e. The van der Waals surface area contributed by atoms with E-state index in [1.54, 1.807) is 61.1 Å². The Hall–Kier alpha value is -3.83. The van der Waals surface area contributed by atoms with E-state index >= 15 is 0 Å². The molecule has 0 saturated carbocycles. The smallest absolute Gasteiger partial charge is 0.239 e.